The number of hydrogen-bond donors (Lipinski definition) is 0. The number of para-hydroxylation sites is 1. The van der Waals surface area contributed by atoms with E-state index in [4.69, 9.17) is 4.43 Å². The summed E-state index contributed by atoms with van der Waals surface area (Å²) in [6.07, 6.45) is 19.6. The number of aromatic nitrogens is 1. The molecule has 0 N–H and O–H groups in total. The van der Waals surface area contributed by atoms with Gasteiger partial charge < -0.3 is 8.99 Å². The van der Waals surface area contributed by atoms with Gasteiger partial charge in [0.15, 0.2) is 0 Å². The number of rotatable bonds is 19. The SMILES string of the molecule is CCCCCC[Si](CCCCCC)(CCCCCC)Oc1cn(CC)c2c(CC)cccc12. The van der Waals surface area contributed by atoms with Crippen LogP contribution in [0.2, 0.25) is 18.1 Å². The van der Waals surface area contributed by atoms with Gasteiger partial charge in [-0.15, -0.1) is 0 Å². The highest BCUT2D eigenvalue weighted by molar-refractivity contribution is 6.74. The monoisotopic (exact) mass is 471 g/mol. The number of nitrogens with zero attached hydrogens (tertiary/aromatic N) is 1. The van der Waals surface area contributed by atoms with E-state index in [9.17, 15) is 0 Å². The number of unbranched alkanes of at least 4 members (excludes halogenated alkanes) is 9. The standard InChI is InChI=1S/C30H53NOSi/c1-6-11-14-17-23-33(24-18-15-12-7-2,25-19-16-13-8-3)32-29-26-31(10-5)30-27(9-4)21-20-22-28(29)30/h20-22,26H,6-19,23-25H2,1-5H3. The van der Waals surface area contributed by atoms with Gasteiger partial charge in [-0.2, -0.15) is 0 Å². The Morgan fingerprint density at radius 1 is 0.697 bits per heavy atom. The zero-order valence-electron chi connectivity index (χ0n) is 22.7. The van der Waals surface area contributed by atoms with Gasteiger partial charge in [0.1, 0.15) is 5.75 Å². The van der Waals surface area contributed by atoms with Gasteiger partial charge in [0.25, 0.3) is 8.32 Å². The van der Waals surface area contributed by atoms with Crippen LogP contribution in [0, 0.1) is 0 Å². The molecule has 0 spiro atoms. The average Bonchev–Trinajstić information content (AvgIpc) is 3.20. The lowest BCUT2D eigenvalue weighted by molar-refractivity contribution is 0.504. The van der Waals surface area contributed by atoms with Crippen molar-refractivity contribution in [2.75, 3.05) is 0 Å². The quantitative estimate of drug-likeness (QED) is 0.147. The molecule has 0 saturated heterocycles. The van der Waals surface area contributed by atoms with Crippen LogP contribution in [0.1, 0.15) is 117 Å². The first-order valence-electron chi connectivity index (χ1n) is 14.4. The molecule has 0 radical (unpaired) electrons. The molecule has 0 bridgehead atoms. The fourth-order valence-corrected chi connectivity index (χ4v) is 9.77. The van der Waals surface area contributed by atoms with Crippen LogP contribution in [-0.4, -0.2) is 12.9 Å². The van der Waals surface area contributed by atoms with Crippen molar-refractivity contribution >= 4 is 19.2 Å². The lowest BCUT2D eigenvalue weighted by Gasteiger charge is -2.33. The Morgan fingerprint density at radius 2 is 1.24 bits per heavy atom. The molecule has 1 heterocycles. The van der Waals surface area contributed by atoms with Crippen LogP contribution in [0.25, 0.3) is 10.9 Å². The van der Waals surface area contributed by atoms with Gasteiger partial charge in [-0.25, -0.2) is 0 Å². The molecule has 0 atom stereocenters. The summed E-state index contributed by atoms with van der Waals surface area (Å²) >= 11 is 0. The number of fused-ring (bicyclic) bond motifs is 1. The Hall–Kier alpha value is -1.22. The molecule has 0 amide bonds. The zero-order valence-corrected chi connectivity index (χ0v) is 23.7. The first kappa shape index (κ1) is 28.0. The highest BCUT2D eigenvalue weighted by Gasteiger charge is 2.36. The Kier molecular flexibility index (Phi) is 13.3. The molecular formula is C30H53NOSi. The maximum Gasteiger partial charge on any atom is 0.251 e. The topological polar surface area (TPSA) is 14.2 Å². The van der Waals surface area contributed by atoms with Crippen molar-refractivity contribution in [3.05, 3.63) is 30.0 Å². The van der Waals surface area contributed by atoms with E-state index >= 15 is 0 Å². The highest BCUT2D eigenvalue weighted by atomic mass is 28.4. The summed E-state index contributed by atoms with van der Waals surface area (Å²) in [4.78, 5) is 0. The second-order valence-electron chi connectivity index (χ2n) is 10.2. The summed E-state index contributed by atoms with van der Waals surface area (Å²) < 4.78 is 9.79. The molecular weight excluding hydrogens is 418 g/mol. The number of benzene rings is 1. The Balaban J connectivity index is 2.36. The lowest BCUT2D eigenvalue weighted by atomic mass is 10.1. The van der Waals surface area contributed by atoms with E-state index in [-0.39, 0.29) is 0 Å². The van der Waals surface area contributed by atoms with Crippen LogP contribution >= 0.6 is 0 Å². The fourth-order valence-electron chi connectivity index (χ4n) is 5.40. The summed E-state index contributed by atoms with van der Waals surface area (Å²) in [6, 6.07) is 10.9. The maximum atomic E-state index is 7.36. The molecule has 1 aromatic heterocycles. The van der Waals surface area contributed by atoms with Crippen molar-refractivity contribution in [1.29, 1.82) is 0 Å². The Bertz CT molecular complexity index is 750. The van der Waals surface area contributed by atoms with Gasteiger partial charge in [-0.1, -0.05) is 117 Å². The fraction of sp³-hybridized carbons (Fsp3) is 0.733. The minimum absolute atomic E-state index is 1.01. The van der Waals surface area contributed by atoms with Gasteiger partial charge >= 0.3 is 0 Å². The van der Waals surface area contributed by atoms with Crippen molar-refractivity contribution in [1.82, 2.24) is 4.57 Å². The van der Waals surface area contributed by atoms with Crippen LogP contribution in [-0.2, 0) is 13.0 Å². The summed E-state index contributed by atoms with van der Waals surface area (Å²) in [5.41, 5.74) is 2.86. The van der Waals surface area contributed by atoms with Crippen LogP contribution in [0.3, 0.4) is 0 Å². The molecule has 0 fully saturated rings. The lowest BCUT2D eigenvalue weighted by Crippen LogP contribution is -2.41. The smallest absolute Gasteiger partial charge is 0.251 e. The van der Waals surface area contributed by atoms with Gasteiger partial charge in [0.2, 0.25) is 0 Å². The molecule has 0 aliphatic rings. The van der Waals surface area contributed by atoms with E-state index in [1.54, 1.807) is 0 Å². The minimum atomic E-state index is -1.84. The molecule has 2 aromatic rings. The zero-order chi connectivity index (χ0) is 23.9. The average molecular weight is 472 g/mol. The second-order valence-corrected chi connectivity index (χ2v) is 14.2. The molecule has 2 rings (SSSR count). The van der Waals surface area contributed by atoms with E-state index in [1.807, 2.05) is 0 Å². The van der Waals surface area contributed by atoms with E-state index < -0.39 is 8.32 Å². The molecule has 0 unspecified atom stereocenters. The number of hydrogen-bond acceptors (Lipinski definition) is 1. The molecule has 33 heavy (non-hydrogen) atoms. The summed E-state index contributed by atoms with van der Waals surface area (Å²) in [5.74, 6) is 1.19. The van der Waals surface area contributed by atoms with Gasteiger partial charge in [0, 0.05) is 18.1 Å². The third kappa shape index (κ3) is 8.49. The first-order chi connectivity index (χ1) is 16.1. The third-order valence-electron chi connectivity index (χ3n) is 7.45. The molecule has 0 aliphatic heterocycles. The van der Waals surface area contributed by atoms with Crippen molar-refractivity contribution in [3.63, 3.8) is 0 Å². The summed E-state index contributed by atoms with van der Waals surface area (Å²) in [5, 5.41) is 1.35. The summed E-state index contributed by atoms with van der Waals surface area (Å²) in [7, 11) is -1.84. The van der Waals surface area contributed by atoms with Gasteiger partial charge in [0.05, 0.1) is 5.52 Å². The van der Waals surface area contributed by atoms with E-state index in [0.29, 0.717) is 0 Å². The third-order valence-corrected chi connectivity index (χ3v) is 11.9. The Labute approximate surface area is 206 Å². The van der Waals surface area contributed by atoms with Crippen LogP contribution in [0.15, 0.2) is 24.4 Å². The molecule has 2 nitrogen and oxygen atoms in total. The van der Waals surface area contributed by atoms with Crippen LogP contribution in [0.4, 0.5) is 0 Å². The molecule has 0 saturated carbocycles. The van der Waals surface area contributed by atoms with Crippen molar-refractivity contribution in [2.45, 2.75) is 143 Å². The highest BCUT2D eigenvalue weighted by Crippen LogP contribution is 2.37. The van der Waals surface area contributed by atoms with Crippen molar-refractivity contribution < 1.29 is 4.43 Å². The summed E-state index contributed by atoms with van der Waals surface area (Å²) in [6.45, 7) is 12.5. The maximum absolute atomic E-state index is 7.36. The van der Waals surface area contributed by atoms with Crippen molar-refractivity contribution in [2.24, 2.45) is 0 Å². The van der Waals surface area contributed by atoms with E-state index in [0.717, 1.165) is 13.0 Å². The first-order valence-corrected chi connectivity index (χ1v) is 17.0. The molecule has 0 aliphatic carbocycles. The molecule has 3 heteroatoms. The van der Waals surface area contributed by atoms with Gasteiger partial charge in [-0.05, 0) is 43.1 Å². The predicted octanol–water partition coefficient (Wildman–Crippen LogP) is 10.3. The largest absolute Gasteiger partial charge is 0.542 e. The molecule has 1 aromatic carbocycles. The van der Waals surface area contributed by atoms with Crippen molar-refractivity contribution in [3.8, 4) is 5.75 Å². The van der Waals surface area contributed by atoms with Gasteiger partial charge in [-0.3, -0.25) is 0 Å². The van der Waals surface area contributed by atoms with Crippen LogP contribution < -0.4 is 4.43 Å². The normalized spacial score (nSPS) is 12.0. The number of aryl methyl sites for hydroxylation is 2. The second kappa shape index (κ2) is 15.6. The Morgan fingerprint density at radius 3 is 1.70 bits per heavy atom. The van der Waals surface area contributed by atoms with Crippen LogP contribution in [0.5, 0.6) is 5.75 Å². The van der Waals surface area contributed by atoms with E-state index in [2.05, 4.69) is 63.6 Å². The van der Waals surface area contributed by atoms with E-state index in [1.165, 1.54) is 117 Å². The molecule has 188 valence electrons. The predicted molar refractivity (Wildman–Crippen MR) is 150 cm³/mol. The minimum Gasteiger partial charge on any atom is -0.542 e.